The molecule has 0 bridgehead atoms. The average molecular weight is 370 g/mol. The molecule has 27 heavy (non-hydrogen) atoms. The lowest BCUT2D eigenvalue weighted by Gasteiger charge is -2.50. The van der Waals surface area contributed by atoms with Crippen LogP contribution in [-0.2, 0) is 16.8 Å². The number of likely N-dealkylation sites (tertiary alicyclic amines) is 1. The number of fused-ring (bicyclic) bond motifs is 2. The largest absolute Gasteiger partial charge is 0.337 e. The van der Waals surface area contributed by atoms with E-state index in [2.05, 4.69) is 53.2 Å². The van der Waals surface area contributed by atoms with Crippen LogP contribution in [0.25, 0.3) is 0 Å². The number of piperidine rings is 2. The molecule has 1 amide bonds. The summed E-state index contributed by atoms with van der Waals surface area (Å²) in [4.78, 5) is 17.7. The van der Waals surface area contributed by atoms with Gasteiger partial charge in [-0.25, -0.2) is 0 Å². The Bertz CT molecular complexity index is 657. The highest BCUT2D eigenvalue weighted by Gasteiger charge is 2.43. The maximum Gasteiger partial charge on any atom is 0.223 e. The molecule has 4 rings (SSSR count). The fourth-order valence-corrected chi connectivity index (χ4v) is 5.46. The standard InChI is InChI=1S/C23H35N3O/c1-18(2)15-22(27)26-16-19-5-3-4-6-21(19)23(17-26)9-13-25(14-10-23)20-7-11-24-12-8-20/h3-6,18,20,24H,7-17H2,1-2H3. The van der Waals surface area contributed by atoms with Crippen molar-refractivity contribution in [2.75, 3.05) is 32.7 Å². The molecule has 2 saturated heterocycles. The maximum atomic E-state index is 12.9. The van der Waals surface area contributed by atoms with Gasteiger partial charge in [0, 0.05) is 31.0 Å². The fourth-order valence-electron chi connectivity index (χ4n) is 5.46. The first kappa shape index (κ1) is 18.9. The fraction of sp³-hybridized carbons (Fsp3) is 0.696. The van der Waals surface area contributed by atoms with Crippen molar-refractivity contribution in [1.29, 1.82) is 0 Å². The van der Waals surface area contributed by atoms with Gasteiger partial charge >= 0.3 is 0 Å². The van der Waals surface area contributed by atoms with Crippen molar-refractivity contribution in [2.45, 2.75) is 64.0 Å². The molecule has 3 heterocycles. The van der Waals surface area contributed by atoms with E-state index in [9.17, 15) is 4.79 Å². The highest BCUT2D eigenvalue weighted by Crippen LogP contribution is 2.42. The van der Waals surface area contributed by atoms with Gasteiger partial charge in [0.05, 0.1) is 0 Å². The summed E-state index contributed by atoms with van der Waals surface area (Å²) in [6.07, 6.45) is 5.59. The smallest absolute Gasteiger partial charge is 0.223 e. The Kier molecular flexibility index (Phi) is 5.56. The molecule has 3 aliphatic heterocycles. The number of nitrogens with zero attached hydrogens (tertiary/aromatic N) is 2. The number of hydrogen-bond donors (Lipinski definition) is 1. The van der Waals surface area contributed by atoms with Gasteiger partial charge in [-0.1, -0.05) is 38.1 Å². The zero-order valence-electron chi connectivity index (χ0n) is 17.0. The summed E-state index contributed by atoms with van der Waals surface area (Å²) in [5, 5.41) is 3.49. The normalized spacial score (nSPS) is 23.6. The maximum absolute atomic E-state index is 12.9. The molecule has 1 aromatic carbocycles. The zero-order chi connectivity index (χ0) is 18.9. The van der Waals surface area contributed by atoms with E-state index >= 15 is 0 Å². The summed E-state index contributed by atoms with van der Waals surface area (Å²) < 4.78 is 0. The third-order valence-corrected chi connectivity index (χ3v) is 6.96. The Morgan fingerprint density at radius 3 is 2.59 bits per heavy atom. The number of amides is 1. The van der Waals surface area contributed by atoms with Crippen LogP contribution in [0.15, 0.2) is 24.3 Å². The lowest BCUT2D eigenvalue weighted by molar-refractivity contribution is -0.134. The predicted molar refractivity (Wildman–Crippen MR) is 110 cm³/mol. The van der Waals surface area contributed by atoms with E-state index in [1.54, 1.807) is 0 Å². The molecule has 0 radical (unpaired) electrons. The van der Waals surface area contributed by atoms with E-state index in [1.807, 2.05) is 0 Å². The van der Waals surface area contributed by atoms with E-state index in [0.29, 0.717) is 18.2 Å². The van der Waals surface area contributed by atoms with Crippen LogP contribution in [0.2, 0.25) is 0 Å². The quantitative estimate of drug-likeness (QED) is 0.889. The summed E-state index contributed by atoms with van der Waals surface area (Å²) in [5.74, 6) is 0.757. The molecule has 0 atom stereocenters. The van der Waals surface area contributed by atoms with E-state index in [4.69, 9.17) is 0 Å². The van der Waals surface area contributed by atoms with Gasteiger partial charge in [-0.2, -0.15) is 0 Å². The first-order valence-electron chi connectivity index (χ1n) is 10.9. The van der Waals surface area contributed by atoms with Crippen molar-refractivity contribution in [3.63, 3.8) is 0 Å². The molecule has 0 aromatic heterocycles. The molecule has 1 N–H and O–H groups in total. The van der Waals surface area contributed by atoms with E-state index in [0.717, 1.165) is 32.2 Å². The first-order valence-corrected chi connectivity index (χ1v) is 10.9. The van der Waals surface area contributed by atoms with Gasteiger partial charge in [0.1, 0.15) is 0 Å². The van der Waals surface area contributed by atoms with Crippen molar-refractivity contribution >= 4 is 5.91 Å². The van der Waals surface area contributed by atoms with E-state index in [-0.39, 0.29) is 5.41 Å². The highest BCUT2D eigenvalue weighted by atomic mass is 16.2. The molecule has 1 spiro atoms. The van der Waals surface area contributed by atoms with Crippen LogP contribution >= 0.6 is 0 Å². The average Bonchev–Trinajstić information content (AvgIpc) is 2.69. The Labute approximate surface area is 164 Å². The van der Waals surface area contributed by atoms with Crippen molar-refractivity contribution in [2.24, 2.45) is 5.92 Å². The molecule has 4 heteroatoms. The van der Waals surface area contributed by atoms with Gasteiger partial charge in [0.25, 0.3) is 0 Å². The van der Waals surface area contributed by atoms with Crippen molar-refractivity contribution in [3.8, 4) is 0 Å². The van der Waals surface area contributed by atoms with Crippen molar-refractivity contribution in [3.05, 3.63) is 35.4 Å². The van der Waals surface area contributed by atoms with Crippen LogP contribution in [0.4, 0.5) is 0 Å². The second-order valence-corrected chi connectivity index (χ2v) is 9.30. The van der Waals surface area contributed by atoms with Gasteiger partial charge in [-0.15, -0.1) is 0 Å². The minimum atomic E-state index is 0.158. The molecule has 4 nitrogen and oxygen atoms in total. The minimum Gasteiger partial charge on any atom is -0.337 e. The molecule has 3 aliphatic rings. The van der Waals surface area contributed by atoms with Crippen LogP contribution < -0.4 is 5.32 Å². The van der Waals surface area contributed by atoms with Crippen LogP contribution in [0.1, 0.15) is 57.1 Å². The lowest BCUT2D eigenvalue weighted by Crippen LogP contribution is -2.55. The topological polar surface area (TPSA) is 35.6 Å². The molecule has 148 valence electrons. The van der Waals surface area contributed by atoms with Gasteiger partial charge in [-0.05, 0) is 68.9 Å². The van der Waals surface area contributed by atoms with Crippen LogP contribution in [0.3, 0.4) is 0 Å². The number of carbonyl (C=O) groups is 1. The first-order chi connectivity index (χ1) is 13.1. The molecular formula is C23H35N3O. The molecule has 0 aliphatic carbocycles. The summed E-state index contributed by atoms with van der Waals surface area (Å²) in [6, 6.07) is 9.64. The molecule has 2 fully saturated rings. The Morgan fingerprint density at radius 1 is 1.19 bits per heavy atom. The van der Waals surface area contributed by atoms with E-state index < -0.39 is 0 Å². The number of carbonyl (C=O) groups excluding carboxylic acids is 1. The SMILES string of the molecule is CC(C)CC(=O)N1Cc2ccccc2C2(CCN(C3CCNCC3)CC2)C1. The monoisotopic (exact) mass is 369 g/mol. The zero-order valence-corrected chi connectivity index (χ0v) is 17.0. The lowest BCUT2D eigenvalue weighted by atomic mass is 9.68. The van der Waals surface area contributed by atoms with Crippen molar-refractivity contribution < 1.29 is 4.79 Å². The Hall–Kier alpha value is -1.39. The predicted octanol–water partition coefficient (Wildman–Crippen LogP) is 3.16. The second-order valence-electron chi connectivity index (χ2n) is 9.30. The highest BCUT2D eigenvalue weighted by molar-refractivity contribution is 5.77. The second kappa shape index (κ2) is 7.92. The minimum absolute atomic E-state index is 0.158. The third-order valence-electron chi connectivity index (χ3n) is 6.96. The molecule has 0 saturated carbocycles. The van der Waals surface area contributed by atoms with Crippen LogP contribution in [-0.4, -0.2) is 54.5 Å². The number of hydrogen-bond acceptors (Lipinski definition) is 3. The van der Waals surface area contributed by atoms with E-state index in [1.165, 1.54) is 49.9 Å². The number of nitrogens with one attached hydrogen (secondary N) is 1. The van der Waals surface area contributed by atoms with Gasteiger partial charge in [-0.3, -0.25) is 4.79 Å². The molecular weight excluding hydrogens is 334 g/mol. The van der Waals surface area contributed by atoms with Gasteiger partial charge < -0.3 is 15.1 Å². The Balaban J connectivity index is 1.53. The third kappa shape index (κ3) is 3.93. The van der Waals surface area contributed by atoms with Crippen molar-refractivity contribution in [1.82, 2.24) is 15.1 Å². The summed E-state index contributed by atoms with van der Waals surface area (Å²) in [5.41, 5.74) is 3.05. The Morgan fingerprint density at radius 2 is 1.89 bits per heavy atom. The summed E-state index contributed by atoms with van der Waals surface area (Å²) in [7, 11) is 0. The van der Waals surface area contributed by atoms with Gasteiger partial charge in [0.15, 0.2) is 0 Å². The molecule has 0 unspecified atom stereocenters. The number of benzene rings is 1. The van der Waals surface area contributed by atoms with Crippen LogP contribution in [0, 0.1) is 5.92 Å². The van der Waals surface area contributed by atoms with Crippen LogP contribution in [0.5, 0.6) is 0 Å². The summed E-state index contributed by atoms with van der Waals surface area (Å²) in [6.45, 7) is 10.7. The number of rotatable bonds is 3. The van der Waals surface area contributed by atoms with Gasteiger partial charge in [0.2, 0.25) is 5.91 Å². The molecule has 1 aromatic rings. The summed E-state index contributed by atoms with van der Waals surface area (Å²) >= 11 is 0.